The van der Waals surface area contributed by atoms with Crippen LogP contribution in [0, 0.1) is 12.3 Å². The monoisotopic (exact) mass is 464 g/mol. The molecule has 9 nitrogen and oxygen atoms in total. The van der Waals surface area contributed by atoms with Gasteiger partial charge in [-0.2, -0.15) is 17.8 Å². The highest BCUT2D eigenvalue weighted by atomic mass is 35.5. The summed E-state index contributed by atoms with van der Waals surface area (Å²) in [5.74, 6) is -2.60. The van der Waals surface area contributed by atoms with E-state index >= 15 is 0 Å². The van der Waals surface area contributed by atoms with Gasteiger partial charge in [0.25, 0.3) is 16.1 Å². The van der Waals surface area contributed by atoms with E-state index in [0.29, 0.717) is 35.4 Å². The number of halogens is 3. The van der Waals surface area contributed by atoms with Crippen LogP contribution in [0.2, 0.25) is 5.15 Å². The predicted octanol–water partition coefficient (Wildman–Crippen LogP) is 1.18. The second-order valence-electron chi connectivity index (χ2n) is 8.33. The molecular weight excluding hydrogens is 442 g/mol. The molecule has 0 unspecified atom stereocenters. The van der Waals surface area contributed by atoms with Crippen molar-refractivity contribution < 1.29 is 22.3 Å². The predicted molar refractivity (Wildman–Crippen MR) is 107 cm³/mol. The first kappa shape index (κ1) is 21.6. The number of fused-ring (bicyclic) bond motifs is 1. The fourth-order valence-corrected chi connectivity index (χ4v) is 5.83. The van der Waals surface area contributed by atoms with Gasteiger partial charge in [0.2, 0.25) is 0 Å². The number of rotatable bonds is 7. The summed E-state index contributed by atoms with van der Waals surface area (Å²) in [6.45, 7) is 1.42. The van der Waals surface area contributed by atoms with Gasteiger partial charge in [-0.3, -0.25) is 0 Å². The standard InChI is InChI=1S/C17H23ClF2N6O3S/c1-11-4-13(18)26-14(11)15(22-10-23-26)24-7-16(8-24)5-12(6-16)25(30(21,28)29)9-17(19,20)2-3-27/h4,10,12,27H,2-3,5-9H2,1H3,(H2,21,28,29). The average Bonchev–Trinajstić information content (AvgIpc) is 2.85. The van der Waals surface area contributed by atoms with Crippen molar-refractivity contribution in [3.05, 3.63) is 23.1 Å². The van der Waals surface area contributed by atoms with E-state index in [4.69, 9.17) is 21.8 Å². The van der Waals surface area contributed by atoms with Crippen LogP contribution >= 0.6 is 11.6 Å². The molecule has 30 heavy (non-hydrogen) atoms. The lowest BCUT2D eigenvalue weighted by molar-refractivity contribution is -0.0638. The summed E-state index contributed by atoms with van der Waals surface area (Å²) in [4.78, 5) is 6.43. The second kappa shape index (κ2) is 7.23. The third-order valence-electron chi connectivity index (χ3n) is 5.97. The van der Waals surface area contributed by atoms with Crippen molar-refractivity contribution in [2.24, 2.45) is 10.6 Å². The molecule has 1 spiro atoms. The van der Waals surface area contributed by atoms with E-state index in [1.165, 1.54) is 6.33 Å². The zero-order valence-electron chi connectivity index (χ0n) is 16.3. The van der Waals surface area contributed by atoms with Gasteiger partial charge < -0.3 is 10.0 Å². The summed E-state index contributed by atoms with van der Waals surface area (Å²) in [5, 5.41) is 18.6. The molecule has 2 fully saturated rings. The molecule has 3 N–H and O–H groups in total. The van der Waals surface area contributed by atoms with Crippen molar-refractivity contribution in [2.75, 3.05) is 31.1 Å². The highest BCUT2D eigenvalue weighted by Crippen LogP contribution is 2.52. The van der Waals surface area contributed by atoms with Gasteiger partial charge in [0.05, 0.1) is 6.54 Å². The quantitative estimate of drug-likeness (QED) is 0.635. The Morgan fingerprint density at radius 2 is 2.10 bits per heavy atom. The van der Waals surface area contributed by atoms with Gasteiger partial charge in [0.15, 0.2) is 5.82 Å². The number of nitrogens with two attached hydrogens (primary N) is 1. The number of aryl methyl sites for hydroxylation is 1. The summed E-state index contributed by atoms with van der Waals surface area (Å²) in [7, 11) is -4.29. The normalized spacial score (nSPS) is 19.5. The Morgan fingerprint density at radius 3 is 2.70 bits per heavy atom. The van der Waals surface area contributed by atoms with Crippen molar-refractivity contribution in [3.63, 3.8) is 0 Å². The minimum absolute atomic E-state index is 0.161. The Morgan fingerprint density at radius 1 is 1.43 bits per heavy atom. The molecule has 2 aliphatic rings. The van der Waals surface area contributed by atoms with E-state index in [9.17, 15) is 17.2 Å². The maximum absolute atomic E-state index is 13.9. The fraction of sp³-hybridized carbons (Fsp3) is 0.647. The average molecular weight is 465 g/mol. The number of hydrogen-bond acceptors (Lipinski definition) is 6. The summed E-state index contributed by atoms with van der Waals surface area (Å²) < 4.78 is 53.9. The van der Waals surface area contributed by atoms with Crippen LogP contribution in [-0.4, -0.2) is 70.6 Å². The zero-order chi connectivity index (χ0) is 21.9. The van der Waals surface area contributed by atoms with E-state index in [1.807, 2.05) is 6.92 Å². The molecule has 1 aliphatic heterocycles. The molecule has 4 rings (SSSR count). The number of aliphatic hydroxyl groups is 1. The largest absolute Gasteiger partial charge is 0.396 e. The van der Waals surface area contributed by atoms with Gasteiger partial charge in [-0.15, -0.1) is 0 Å². The van der Waals surface area contributed by atoms with E-state index in [1.54, 1.807) is 10.6 Å². The van der Waals surface area contributed by atoms with Crippen molar-refractivity contribution >= 4 is 33.1 Å². The number of aliphatic hydroxyl groups excluding tert-OH is 1. The molecule has 0 radical (unpaired) electrons. The van der Waals surface area contributed by atoms with Gasteiger partial charge in [0.1, 0.15) is 17.0 Å². The van der Waals surface area contributed by atoms with Crippen molar-refractivity contribution in [2.45, 2.75) is 38.2 Å². The number of alkyl halides is 2. The molecule has 166 valence electrons. The summed E-state index contributed by atoms with van der Waals surface area (Å²) in [6.07, 6.45) is 1.50. The first-order valence-corrected chi connectivity index (χ1v) is 11.3. The molecule has 13 heteroatoms. The first-order chi connectivity index (χ1) is 13.9. The lowest BCUT2D eigenvalue weighted by Crippen LogP contribution is -2.68. The van der Waals surface area contributed by atoms with Crippen molar-refractivity contribution in [3.8, 4) is 0 Å². The molecule has 0 amide bonds. The molecule has 1 saturated heterocycles. The van der Waals surface area contributed by atoms with Gasteiger partial charge in [0, 0.05) is 37.6 Å². The van der Waals surface area contributed by atoms with Gasteiger partial charge in [-0.1, -0.05) is 11.6 Å². The van der Waals surface area contributed by atoms with E-state index in [-0.39, 0.29) is 5.41 Å². The zero-order valence-corrected chi connectivity index (χ0v) is 17.9. The molecule has 2 aromatic rings. The topological polar surface area (TPSA) is 117 Å². The molecule has 0 atom stereocenters. The summed E-state index contributed by atoms with van der Waals surface area (Å²) >= 11 is 6.19. The van der Waals surface area contributed by atoms with E-state index in [0.717, 1.165) is 16.9 Å². The molecule has 3 heterocycles. The third kappa shape index (κ3) is 3.75. The lowest BCUT2D eigenvalue weighted by atomic mass is 9.60. The first-order valence-electron chi connectivity index (χ1n) is 9.47. The molecule has 2 aromatic heterocycles. The van der Waals surface area contributed by atoms with Crippen LogP contribution in [0.3, 0.4) is 0 Å². The third-order valence-corrected chi connectivity index (χ3v) is 7.32. The van der Waals surface area contributed by atoms with Crippen LogP contribution < -0.4 is 10.0 Å². The Balaban J connectivity index is 1.45. The maximum atomic E-state index is 13.9. The van der Waals surface area contributed by atoms with E-state index < -0.39 is 41.7 Å². The van der Waals surface area contributed by atoms with Crippen molar-refractivity contribution in [1.82, 2.24) is 18.9 Å². The Labute approximate surface area is 177 Å². The molecule has 1 saturated carbocycles. The summed E-state index contributed by atoms with van der Waals surface area (Å²) in [6, 6.07) is 1.22. The van der Waals surface area contributed by atoms with Gasteiger partial charge in [-0.25, -0.2) is 23.4 Å². The minimum atomic E-state index is -4.29. The van der Waals surface area contributed by atoms with Crippen molar-refractivity contribution in [1.29, 1.82) is 0 Å². The van der Waals surface area contributed by atoms with Crippen LogP contribution in [-0.2, 0) is 10.2 Å². The second-order valence-corrected chi connectivity index (χ2v) is 10.2. The van der Waals surface area contributed by atoms with Crippen LogP contribution in [0.1, 0.15) is 24.8 Å². The maximum Gasteiger partial charge on any atom is 0.277 e. The minimum Gasteiger partial charge on any atom is -0.396 e. The number of nitrogens with zero attached hydrogens (tertiary/aromatic N) is 5. The highest BCUT2D eigenvalue weighted by Gasteiger charge is 2.56. The van der Waals surface area contributed by atoms with Gasteiger partial charge >= 0.3 is 0 Å². The van der Waals surface area contributed by atoms with Gasteiger partial charge in [-0.05, 0) is 31.4 Å². The molecule has 1 aliphatic carbocycles. The molecular formula is C17H23ClF2N6O3S. The molecule has 0 bridgehead atoms. The Bertz CT molecular complexity index is 1060. The van der Waals surface area contributed by atoms with Crippen LogP contribution in [0.15, 0.2) is 12.4 Å². The van der Waals surface area contributed by atoms with Crippen LogP contribution in [0.25, 0.3) is 5.52 Å². The Hall–Kier alpha value is -1.60. The van der Waals surface area contributed by atoms with E-state index in [2.05, 4.69) is 15.0 Å². The van der Waals surface area contributed by atoms with Crippen LogP contribution in [0.4, 0.5) is 14.6 Å². The SMILES string of the molecule is Cc1cc(Cl)n2ncnc(N3CC4(CC(N(CC(F)(F)CCO)S(N)(=O)=O)C4)C3)c12. The molecule has 0 aromatic carbocycles. The number of aromatic nitrogens is 3. The number of hydrogen-bond donors (Lipinski definition) is 2. The number of anilines is 1. The summed E-state index contributed by atoms with van der Waals surface area (Å²) in [5.41, 5.74) is 1.59. The smallest absolute Gasteiger partial charge is 0.277 e. The van der Waals surface area contributed by atoms with Crippen LogP contribution in [0.5, 0.6) is 0 Å². The Kier molecular flexibility index (Phi) is 5.21. The fourth-order valence-electron chi connectivity index (χ4n) is 4.60. The highest BCUT2D eigenvalue weighted by molar-refractivity contribution is 7.86. The lowest BCUT2D eigenvalue weighted by Gasteiger charge is -2.60.